The number of nitrogens with two attached hydrogens (primary N) is 1. The predicted molar refractivity (Wildman–Crippen MR) is 54.7 cm³/mol. The third-order valence-electron chi connectivity index (χ3n) is 1.55. The Morgan fingerprint density at radius 2 is 2.15 bits per heavy atom. The molecule has 0 aliphatic carbocycles. The van der Waals surface area contributed by atoms with Crippen molar-refractivity contribution in [2.75, 3.05) is 18.6 Å². The van der Waals surface area contributed by atoms with Gasteiger partial charge < -0.3 is 11.1 Å². The number of primary amides is 1. The van der Waals surface area contributed by atoms with E-state index in [1.54, 1.807) is 14.0 Å². The van der Waals surface area contributed by atoms with Gasteiger partial charge in [0, 0.05) is 0 Å². The van der Waals surface area contributed by atoms with E-state index < -0.39 is 0 Å². The summed E-state index contributed by atoms with van der Waals surface area (Å²) in [4.78, 5) is 21.3. The molecular formula is C8H16N2O2S. The normalized spacial score (nSPS) is 12.5. The van der Waals surface area contributed by atoms with Crippen LogP contribution in [0.15, 0.2) is 0 Å². The largest absolute Gasteiger partial charge is 0.368 e. The molecule has 0 aromatic rings. The first kappa shape index (κ1) is 12.4. The molecule has 0 aliphatic heterocycles. The molecule has 1 amide bonds. The molecule has 0 saturated carbocycles. The summed E-state index contributed by atoms with van der Waals surface area (Å²) in [6.45, 7) is 1.55. The minimum absolute atomic E-state index is 0.157. The summed E-state index contributed by atoms with van der Waals surface area (Å²) < 4.78 is 0. The van der Waals surface area contributed by atoms with Crippen LogP contribution >= 0.6 is 11.8 Å². The van der Waals surface area contributed by atoms with Gasteiger partial charge in [-0.1, -0.05) is 0 Å². The molecule has 0 saturated heterocycles. The maximum absolute atomic E-state index is 10.7. The van der Waals surface area contributed by atoms with Crippen LogP contribution < -0.4 is 11.1 Å². The lowest BCUT2D eigenvalue weighted by atomic mass is 10.2. The SMILES string of the molecule is CNC(CCSCC(C)=O)C(N)=O. The van der Waals surface area contributed by atoms with E-state index in [0.717, 1.165) is 5.75 Å². The molecule has 0 aromatic carbocycles. The van der Waals surface area contributed by atoms with Gasteiger partial charge in [-0.15, -0.1) is 0 Å². The lowest BCUT2D eigenvalue weighted by Gasteiger charge is -2.10. The molecule has 0 fully saturated rings. The molecule has 3 N–H and O–H groups in total. The molecule has 0 rings (SSSR count). The highest BCUT2D eigenvalue weighted by atomic mass is 32.2. The molecule has 1 unspecified atom stereocenters. The highest BCUT2D eigenvalue weighted by Crippen LogP contribution is 2.04. The van der Waals surface area contributed by atoms with Crippen molar-refractivity contribution < 1.29 is 9.59 Å². The summed E-state index contributed by atoms with van der Waals surface area (Å²) in [5.74, 6) is 1.10. The Morgan fingerprint density at radius 3 is 2.54 bits per heavy atom. The Hall–Kier alpha value is -0.550. The summed E-state index contributed by atoms with van der Waals surface area (Å²) >= 11 is 1.53. The van der Waals surface area contributed by atoms with Crippen molar-refractivity contribution in [3.05, 3.63) is 0 Å². The standard InChI is InChI=1S/C8H16N2O2S/c1-6(11)5-13-4-3-7(10-2)8(9)12/h7,10H,3-5H2,1-2H3,(H2,9,12). The first-order valence-electron chi connectivity index (χ1n) is 4.11. The fourth-order valence-electron chi connectivity index (χ4n) is 0.846. The topological polar surface area (TPSA) is 72.2 Å². The smallest absolute Gasteiger partial charge is 0.234 e. The molecule has 0 aliphatic rings. The van der Waals surface area contributed by atoms with Gasteiger partial charge in [-0.25, -0.2) is 0 Å². The van der Waals surface area contributed by atoms with Gasteiger partial charge in [0.2, 0.25) is 5.91 Å². The van der Waals surface area contributed by atoms with E-state index in [0.29, 0.717) is 12.2 Å². The van der Waals surface area contributed by atoms with E-state index in [1.165, 1.54) is 11.8 Å². The van der Waals surface area contributed by atoms with Crippen molar-refractivity contribution in [2.24, 2.45) is 5.73 Å². The zero-order chi connectivity index (χ0) is 10.3. The number of thioether (sulfide) groups is 1. The van der Waals surface area contributed by atoms with Crippen molar-refractivity contribution in [3.8, 4) is 0 Å². The van der Waals surface area contributed by atoms with Crippen LogP contribution in [0.4, 0.5) is 0 Å². The minimum Gasteiger partial charge on any atom is -0.368 e. The van der Waals surface area contributed by atoms with Crippen molar-refractivity contribution >= 4 is 23.5 Å². The molecule has 0 spiro atoms. The number of rotatable bonds is 7. The van der Waals surface area contributed by atoms with E-state index in [1.807, 2.05) is 0 Å². The van der Waals surface area contributed by atoms with Gasteiger partial charge in [0.25, 0.3) is 0 Å². The van der Waals surface area contributed by atoms with Crippen molar-refractivity contribution in [2.45, 2.75) is 19.4 Å². The Kier molecular flexibility index (Phi) is 6.62. The molecule has 0 radical (unpaired) electrons. The monoisotopic (exact) mass is 204 g/mol. The maximum Gasteiger partial charge on any atom is 0.234 e. The Labute approximate surface area is 82.6 Å². The van der Waals surface area contributed by atoms with E-state index in [4.69, 9.17) is 5.73 Å². The molecule has 76 valence electrons. The summed E-state index contributed by atoms with van der Waals surface area (Å²) in [5.41, 5.74) is 5.11. The second kappa shape index (κ2) is 6.91. The van der Waals surface area contributed by atoms with Crippen molar-refractivity contribution in [1.82, 2.24) is 5.32 Å². The summed E-state index contributed by atoms with van der Waals surface area (Å²) in [7, 11) is 1.70. The van der Waals surface area contributed by atoms with Crippen LogP contribution in [0.1, 0.15) is 13.3 Å². The molecular weight excluding hydrogens is 188 g/mol. The van der Waals surface area contributed by atoms with Crippen LogP contribution in [-0.2, 0) is 9.59 Å². The summed E-state index contributed by atoms with van der Waals surface area (Å²) in [6, 6.07) is -0.278. The van der Waals surface area contributed by atoms with E-state index in [-0.39, 0.29) is 17.7 Å². The van der Waals surface area contributed by atoms with Gasteiger partial charge in [-0.2, -0.15) is 11.8 Å². The highest BCUT2D eigenvalue weighted by molar-refractivity contribution is 7.99. The molecule has 0 bridgehead atoms. The average molecular weight is 204 g/mol. The molecule has 0 aromatic heterocycles. The zero-order valence-electron chi connectivity index (χ0n) is 8.00. The fraction of sp³-hybridized carbons (Fsp3) is 0.750. The quantitative estimate of drug-likeness (QED) is 0.562. The number of nitrogens with one attached hydrogen (secondary N) is 1. The number of amides is 1. The van der Waals surface area contributed by atoms with Crippen LogP contribution in [0.5, 0.6) is 0 Å². The van der Waals surface area contributed by atoms with E-state index in [2.05, 4.69) is 5.32 Å². The number of hydrogen-bond acceptors (Lipinski definition) is 4. The second-order valence-electron chi connectivity index (χ2n) is 2.79. The molecule has 0 heterocycles. The Morgan fingerprint density at radius 1 is 1.54 bits per heavy atom. The van der Waals surface area contributed by atoms with Crippen LogP contribution in [0, 0.1) is 0 Å². The summed E-state index contributed by atoms with van der Waals surface area (Å²) in [5, 5.41) is 2.82. The minimum atomic E-state index is -0.342. The number of hydrogen-bond donors (Lipinski definition) is 2. The Balaban J connectivity index is 3.50. The molecule has 5 heteroatoms. The number of Topliss-reactive ketones (excluding diaryl/α,β-unsaturated/α-hetero) is 1. The van der Waals surface area contributed by atoms with Gasteiger partial charge in [-0.05, 0) is 26.1 Å². The summed E-state index contributed by atoms with van der Waals surface area (Å²) in [6.07, 6.45) is 0.670. The van der Waals surface area contributed by atoms with E-state index >= 15 is 0 Å². The highest BCUT2D eigenvalue weighted by Gasteiger charge is 2.11. The number of likely N-dealkylation sites (N-methyl/N-ethyl adjacent to an activating group) is 1. The van der Waals surface area contributed by atoms with Crippen LogP contribution in [0.25, 0.3) is 0 Å². The number of carbonyl (C=O) groups is 2. The van der Waals surface area contributed by atoms with Crippen molar-refractivity contribution in [3.63, 3.8) is 0 Å². The van der Waals surface area contributed by atoms with Gasteiger partial charge in [0.05, 0.1) is 11.8 Å². The van der Waals surface area contributed by atoms with Gasteiger partial charge in [0.1, 0.15) is 5.78 Å². The van der Waals surface area contributed by atoms with Crippen LogP contribution in [-0.4, -0.2) is 36.3 Å². The zero-order valence-corrected chi connectivity index (χ0v) is 8.82. The van der Waals surface area contributed by atoms with Gasteiger partial charge >= 0.3 is 0 Å². The lowest BCUT2D eigenvalue weighted by molar-refractivity contribution is -0.120. The van der Waals surface area contributed by atoms with Crippen LogP contribution in [0.2, 0.25) is 0 Å². The fourth-order valence-corrected chi connectivity index (χ4v) is 1.68. The van der Waals surface area contributed by atoms with Gasteiger partial charge in [-0.3, -0.25) is 9.59 Å². The first-order valence-corrected chi connectivity index (χ1v) is 5.27. The maximum atomic E-state index is 10.7. The third kappa shape index (κ3) is 6.60. The number of carbonyl (C=O) groups excluding carboxylic acids is 2. The Bertz CT molecular complexity index is 185. The molecule has 4 nitrogen and oxygen atoms in total. The third-order valence-corrected chi connectivity index (χ3v) is 2.68. The average Bonchev–Trinajstić information content (AvgIpc) is 2.03. The van der Waals surface area contributed by atoms with Gasteiger partial charge in [0.15, 0.2) is 0 Å². The van der Waals surface area contributed by atoms with Crippen molar-refractivity contribution in [1.29, 1.82) is 0 Å². The second-order valence-corrected chi connectivity index (χ2v) is 3.89. The lowest BCUT2D eigenvalue weighted by Crippen LogP contribution is -2.39. The molecule has 13 heavy (non-hydrogen) atoms. The number of ketones is 1. The van der Waals surface area contributed by atoms with Crippen LogP contribution in [0.3, 0.4) is 0 Å². The predicted octanol–water partition coefficient (Wildman–Crippen LogP) is -0.228. The van der Waals surface area contributed by atoms with E-state index in [9.17, 15) is 9.59 Å². The first-order chi connectivity index (χ1) is 6.07. The molecule has 1 atom stereocenters.